The Morgan fingerprint density at radius 1 is 1.56 bits per heavy atom. The fourth-order valence-corrected chi connectivity index (χ4v) is 1.29. The van der Waals surface area contributed by atoms with E-state index >= 15 is 0 Å². The minimum Gasteiger partial charge on any atom is -0.392 e. The van der Waals surface area contributed by atoms with Crippen LogP contribution < -0.4 is 5.32 Å². The fraction of sp³-hybridized carbons (Fsp3) is 0.667. The number of urea groups is 1. The maximum absolute atomic E-state index is 11.4. The topological polar surface area (TPSA) is 89.9 Å². The predicted molar refractivity (Wildman–Crippen MR) is 54.4 cm³/mol. The average Bonchev–Trinajstić information content (AvgIpc) is 2.42. The van der Waals surface area contributed by atoms with Gasteiger partial charge < -0.3 is 15.3 Å². The van der Waals surface area contributed by atoms with Gasteiger partial charge in [0.1, 0.15) is 13.1 Å². The van der Waals surface area contributed by atoms with E-state index in [4.69, 9.17) is 5.11 Å². The van der Waals surface area contributed by atoms with Crippen LogP contribution in [0, 0.1) is 0 Å². The highest BCUT2D eigenvalue weighted by molar-refractivity contribution is 6.04. The van der Waals surface area contributed by atoms with Crippen molar-refractivity contribution in [1.29, 1.82) is 0 Å². The molecule has 1 fully saturated rings. The average molecular weight is 229 g/mol. The minimum atomic E-state index is -0.656. The lowest BCUT2D eigenvalue weighted by atomic mass is 10.4. The molecular weight excluding hydrogens is 214 g/mol. The van der Waals surface area contributed by atoms with Crippen molar-refractivity contribution in [2.75, 3.05) is 26.7 Å². The van der Waals surface area contributed by atoms with Gasteiger partial charge in [0.05, 0.1) is 6.10 Å². The second kappa shape index (κ2) is 4.93. The number of aliphatic hydroxyl groups is 1. The van der Waals surface area contributed by atoms with Gasteiger partial charge in [0.25, 0.3) is 5.91 Å². The summed E-state index contributed by atoms with van der Waals surface area (Å²) < 4.78 is 0. The smallest absolute Gasteiger partial charge is 0.327 e. The van der Waals surface area contributed by atoms with Crippen molar-refractivity contribution in [3.05, 3.63) is 0 Å². The van der Waals surface area contributed by atoms with Gasteiger partial charge in [-0.1, -0.05) is 0 Å². The number of carbonyl (C=O) groups is 3. The molecule has 7 nitrogen and oxygen atoms in total. The normalized spacial score (nSPS) is 17.9. The Labute approximate surface area is 93.0 Å². The molecule has 1 atom stereocenters. The predicted octanol–water partition coefficient (Wildman–Crippen LogP) is -1.62. The van der Waals surface area contributed by atoms with Crippen molar-refractivity contribution >= 4 is 17.8 Å². The molecule has 1 heterocycles. The Morgan fingerprint density at radius 3 is 2.62 bits per heavy atom. The van der Waals surface area contributed by atoms with Crippen LogP contribution in [0.15, 0.2) is 0 Å². The van der Waals surface area contributed by atoms with E-state index < -0.39 is 18.0 Å². The van der Waals surface area contributed by atoms with Crippen LogP contribution in [0.2, 0.25) is 0 Å². The van der Waals surface area contributed by atoms with Gasteiger partial charge in [-0.15, -0.1) is 0 Å². The van der Waals surface area contributed by atoms with Crippen LogP contribution in [0.1, 0.15) is 6.92 Å². The first kappa shape index (κ1) is 12.4. The third-order valence-electron chi connectivity index (χ3n) is 2.13. The molecule has 0 bridgehead atoms. The number of hydrogen-bond acceptors (Lipinski definition) is 4. The van der Waals surface area contributed by atoms with Crippen molar-refractivity contribution in [3.8, 4) is 0 Å². The van der Waals surface area contributed by atoms with Crippen LogP contribution in [-0.4, -0.2) is 65.5 Å². The van der Waals surface area contributed by atoms with Crippen molar-refractivity contribution in [1.82, 2.24) is 15.1 Å². The van der Waals surface area contributed by atoms with Crippen LogP contribution in [0.3, 0.4) is 0 Å². The number of nitrogens with one attached hydrogen (secondary N) is 1. The molecular formula is C9H15N3O4. The monoisotopic (exact) mass is 229 g/mol. The number of hydrogen-bond donors (Lipinski definition) is 2. The first-order chi connectivity index (χ1) is 7.41. The van der Waals surface area contributed by atoms with E-state index in [2.05, 4.69) is 5.32 Å². The van der Waals surface area contributed by atoms with E-state index in [9.17, 15) is 14.4 Å². The highest BCUT2D eigenvalue weighted by Crippen LogP contribution is 2.06. The Hall–Kier alpha value is -1.63. The summed E-state index contributed by atoms with van der Waals surface area (Å²) in [4.78, 5) is 36.1. The van der Waals surface area contributed by atoms with E-state index in [0.717, 1.165) is 4.90 Å². The first-order valence-corrected chi connectivity index (χ1v) is 4.92. The van der Waals surface area contributed by atoms with Crippen molar-refractivity contribution in [3.63, 3.8) is 0 Å². The van der Waals surface area contributed by atoms with Gasteiger partial charge in [0, 0.05) is 13.6 Å². The molecule has 0 unspecified atom stereocenters. The molecule has 0 aromatic rings. The lowest BCUT2D eigenvalue weighted by Crippen LogP contribution is -2.42. The maximum atomic E-state index is 11.4. The van der Waals surface area contributed by atoms with Crippen LogP contribution in [0.5, 0.6) is 0 Å². The molecule has 0 radical (unpaired) electrons. The summed E-state index contributed by atoms with van der Waals surface area (Å²) in [7, 11) is 1.49. The van der Waals surface area contributed by atoms with Crippen LogP contribution in [0.4, 0.5) is 4.79 Å². The zero-order chi connectivity index (χ0) is 12.3. The Morgan fingerprint density at radius 2 is 2.19 bits per heavy atom. The molecule has 1 aliphatic heterocycles. The number of amides is 4. The summed E-state index contributed by atoms with van der Waals surface area (Å²) in [6, 6.07) is -0.475. The Kier molecular flexibility index (Phi) is 3.83. The molecule has 7 heteroatoms. The van der Waals surface area contributed by atoms with Gasteiger partial charge in [-0.2, -0.15) is 0 Å². The SMILES string of the molecule is C[C@@H](O)CNC(=O)CN1C(=O)CN(C)C1=O. The third-order valence-corrected chi connectivity index (χ3v) is 2.13. The van der Waals surface area contributed by atoms with Crippen molar-refractivity contribution < 1.29 is 19.5 Å². The molecule has 0 aliphatic carbocycles. The molecule has 0 aromatic carbocycles. The second-order valence-corrected chi connectivity index (χ2v) is 3.77. The van der Waals surface area contributed by atoms with Crippen molar-refractivity contribution in [2.24, 2.45) is 0 Å². The van der Waals surface area contributed by atoms with E-state index in [1.54, 1.807) is 0 Å². The molecule has 1 saturated heterocycles. The summed E-state index contributed by atoms with van der Waals surface area (Å²) >= 11 is 0. The quantitative estimate of drug-likeness (QED) is 0.567. The second-order valence-electron chi connectivity index (χ2n) is 3.77. The molecule has 4 amide bonds. The van der Waals surface area contributed by atoms with Gasteiger partial charge in [-0.25, -0.2) is 4.79 Å². The summed E-state index contributed by atoms with van der Waals surface area (Å²) in [5.41, 5.74) is 0. The summed E-state index contributed by atoms with van der Waals surface area (Å²) in [5, 5.41) is 11.3. The standard InChI is InChI=1S/C9H15N3O4/c1-6(13)3-10-7(14)4-12-8(15)5-11(2)9(12)16/h6,13H,3-5H2,1-2H3,(H,10,14)/t6-/m1/s1. The molecule has 16 heavy (non-hydrogen) atoms. The molecule has 0 spiro atoms. The zero-order valence-electron chi connectivity index (χ0n) is 9.27. The molecule has 90 valence electrons. The highest BCUT2D eigenvalue weighted by Gasteiger charge is 2.34. The molecule has 0 saturated carbocycles. The lowest BCUT2D eigenvalue weighted by Gasteiger charge is -2.14. The first-order valence-electron chi connectivity index (χ1n) is 4.92. The third kappa shape index (κ3) is 2.93. The number of aliphatic hydroxyl groups excluding tert-OH is 1. The Balaban J connectivity index is 2.45. The van der Waals surface area contributed by atoms with Gasteiger partial charge >= 0.3 is 6.03 Å². The van der Waals surface area contributed by atoms with Crippen LogP contribution in [-0.2, 0) is 9.59 Å². The number of likely N-dealkylation sites (N-methyl/N-ethyl adjacent to an activating group) is 1. The number of rotatable bonds is 4. The van der Waals surface area contributed by atoms with Gasteiger partial charge in [-0.3, -0.25) is 14.5 Å². The molecule has 1 rings (SSSR count). The van der Waals surface area contributed by atoms with Gasteiger partial charge in [0.2, 0.25) is 5.91 Å². The van der Waals surface area contributed by atoms with E-state index in [0.29, 0.717) is 0 Å². The molecule has 2 N–H and O–H groups in total. The van der Waals surface area contributed by atoms with Crippen molar-refractivity contribution in [2.45, 2.75) is 13.0 Å². The molecule has 1 aliphatic rings. The largest absolute Gasteiger partial charge is 0.392 e. The van der Waals surface area contributed by atoms with Crippen LogP contribution in [0.25, 0.3) is 0 Å². The van der Waals surface area contributed by atoms with E-state index in [-0.39, 0.29) is 25.5 Å². The lowest BCUT2D eigenvalue weighted by molar-refractivity contribution is -0.130. The zero-order valence-corrected chi connectivity index (χ0v) is 9.27. The summed E-state index contributed by atoms with van der Waals surface area (Å²) in [6.45, 7) is 1.34. The number of imide groups is 1. The van der Waals surface area contributed by atoms with E-state index in [1.165, 1.54) is 18.9 Å². The minimum absolute atomic E-state index is 0.00250. The number of carbonyl (C=O) groups excluding carboxylic acids is 3. The molecule has 0 aromatic heterocycles. The van der Waals surface area contributed by atoms with Gasteiger partial charge in [-0.05, 0) is 6.92 Å². The maximum Gasteiger partial charge on any atom is 0.327 e. The Bertz CT molecular complexity index is 316. The fourth-order valence-electron chi connectivity index (χ4n) is 1.29. The van der Waals surface area contributed by atoms with Gasteiger partial charge in [0.15, 0.2) is 0 Å². The summed E-state index contributed by atoms with van der Waals surface area (Å²) in [6.07, 6.45) is -0.656. The number of nitrogens with zero attached hydrogens (tertiary/aromatic N) is 2. The highest BCUT2D eigenvalue weighted by atomic mass is 16.3. The van der Waals surface area contributed by atoms with E-state index in [1.807, 2.05) is 0 Å². The van der Waals surface area contributed by atoms with Crippen LogP contribution >= 0.6 is 0 Å². The summed E-state index contributed by atoms with van der Waals surface area (Å²) in [5.74, 6) is -0.849.